The van der Waals surface area contributed by atoms with Gasteiger partial charge in [-0.3, -0.25) is 4.79 Å². The fourth-order valence-electron chi connectivity index (χ4n) is 4.89. The van der Waals surface area contributed by atoms with Crippen LogP contribution in [0.4, 0.5) is 15.8 Å². The van der Waals surface area contributed by atoms with Crippen molar-refractivity contribution in [3.05, 3.63) is 148 Å². The highest BCUT2D eigenvalue weighted by molar-refractivity contribution is 7.09. The van der Waals surface area contributed by atoms with E-state index in [0.717, 1.165) is 10.4 Å². The maximum atomic E-state index is 14.6. The molecular weight excluding hydrogens is 575 g/mol. The summed E-state index contributed by atoms with van der Waals surface area (Å²) < 4.78 is 25.7. The summed E-state index contributed by atoms with van der Waals surface area (Å²) in [6, 6.07) is 33.7. The number of ether oxygens (including phenoxy) is 2. The molecule has 1 atom stereocenters. The van der Waals surface area contributed by atoms with E-state index < -0.39 is 12.0 Å². The molecule has 5 aromatic rings. The van der Waals surface area contributed by atoms with Crippen LogP contribution in [0, 0.1) is 5.82 Å². The second-order valence-electron chi connectivity index (χ2n) is 10.1. The number of nitrogens with zero attached hydrogens (tertiary/aromatic N) is 1. The molecule has 0 saturated heterocycles. The van der Waals surface area contributed by atoms with Crippen molar-refractivity contribution in [2.75, 3.05) is 30.5 Å². The first-order valence-corrected chi connectivity index (χ1v) is 15.2. The van der Waals surface area contributed by atoms with Crippen LogP contribution in [0.1, 0.15) is 26.4 Å². The third-order valence-corrected chi connectivity index (χ3v) is 8.00. The lowest BCUT2D eigenvalue weighted by molar-refractivity contribution is -0.141. The van der Waals surface area contributed by atoms with E-state index in [1.54, 1.807) is 53.8 Å². The molecule has 0 aliphatic rings. The normalized spacial score (nSPS) is 11.4. The van der Waals surface area contributed by atoms with Gasteiger partial charge in [-0.15, -0.1) is 11.3 Å². The minimum Gasteiger partial charge on any atom is -0.492 e. The Morgan fingerprint density at radius 3 is 2.32 bits per heavy atom. The predicted octanol–water partition coefficient (Wildman–Crippen LogP) is 7.40. The highest BCUT2D eigenvalue weighted by atomic mass is 32.1. The molecule has 1 N–H and O–H groups in total. The predicted molar refractivity (Wildman–Crippen MR) is 173 cm³/mol. The summed E-state index contributed by atoms with van der Waals surface area (Å²) in [7, 11) is 1.35. The number of thiophene rings is 1. The molecule has 0 aliphatic heterocycles. The Morgan fingerprint density at radius 1 is 0.864 bits per heavy atom. The van der Waals surface area contributed by atoms with Crippen LogP contribution in [0.25, 0.3) is 0 Å². The summed E-state index contributed by atoms with van der Waals surface area (Å²) >= 11 is 1.63. The van der Waals surface area contributed by atoms with Crippen molar-refractivity contribution < 1.29 is 23.5 Å². The molecule has 44 heavy (non-hydrogen) atoms. The second-order valence-corrected chi connectivity index (χ2v) is 11.1. The fraction of sp³-hybridized carbons (Fsp3) is 0.167. The lowest BCUT2D eigenvalue weighted by atomic mass is 10.00. The number of carbonyl (C=O) groups is 2. The number of hydrogen-bond acceptors (Lipinski definition) is 7. The number of benzene rings is 4. The monoisotopic (exact) mass is 608 g/mol. The molecule has 0 fully saturated rings. The topological polar surface area (TPSA) is 67.9 Å². The zero-order valence-electron chi connectivity index (χ0n) is 24.3. The number of esters is 1. The lowest BCUT2D eigenvalue weighted by Gasteiger charge is -2.25. The Labute approximate surface area is 260 Å². The van der Waals surface area contributed by atoms with Crippen molar-refractivity contribution in [2.45, 2.75) is 19.0 Å². The van der Waals surface area contributed by atoms with Crippen LogP contribution in [-0.4, -0.2) is 38.1 Å². The van der Waals surface area contributed by atoms with Crippen LogP contribution < -0.4 is 15.0 Å². The Morgan fingerprint density at radius 2 is 1.59 bits per heavy atom. The van der Waals surface area contributed by atoms with Gasteiger partial charge in [-0.05, 0) is 53.4 Å². The van der Waals surface area contributed by atoms with Crippen LogP contribution in [0.5, 0.6) is 5.75 Å². The molecule has 8 heteroatoms. The van der Waals surface area contributed by atoms with Crippen molar-refractivity contribution in [1.29, 1.82) is 0 Å². The van der Waals surface area contributed by atoms with Crippen molar-refractivity contribution in [1.82, 2.24) is 0 Å². The number of carbonyl (C=O) groups excluding carboxylic acids is 2. The van der Waals surface area contributed by atoms with Gasteiger partial charge in [-0.2, -0.15) is 0 Å². The number of para-hydroxylation sites is 2. The summed E-state index contributed by atoms with van der Waals surface area (Å²) in [5, 5.41) is 5.25. The van der Waals surface area contributed by atoms with E-state index in [0.29, 0.717) is 54.4 Å². The van der Waals surface area contributed by atoms with Gasteiger partial charge >= 0.3 is 5.97 Å². The minimum absolute atomic E-state index is 0.136. The smallest absolute Gasteiger partial charge is 0.328 e. The first-order valence-electron chi connectivity index (χ1n) is 14.3. The molecule has 5 rings (SSSR count). The van der Waals surface area contributed by atoms with Crippen molar-refractivity contribution in [2.24, 2.45) is 0 Å². The quantitative estimate of drug-likeness (QED) is 0.105. The number of ketones is 1. The molecular formula is C36H33FN2O4S. The van der Waals surface area contributed by atoms with Gasteiger partial charge in [-0.25, -0.2) is 9.18 Å². The summed E-state index contributed by atoms with van der Waals surface area (Å²) in [5.41, 5.74) is 3.01. The van der Waals surface area contributed by atoms with Gasteiger partial charge in [0.1, 0.15) is 24.2 Å². The van der Waals surface area contributed by atoms with E-state index in [2.05, 4.69) is 5.32 Å². The molecule has 1 heterocycles. The van der Waals surface area contributed by atoms with E-state index in [1.165, 1.54) is 13.2 Å². The number of halogens is 1. The molecule has 0 saturated carbocycles. The third-order valence-electron chi connectivity index (χ3n) is 7.14. The van der Waals surface area contributed by atoms with Crippen LogP contribution in [0.3, 0.4) is 0 Å². The summed E-state index contributed by atoms with van der Waals surface area (Å²) in [5.74, 6) is -0.178. The van der Waals surface area contributed by atoms with Gasteiger partial charge in [0.05, 0.1) is 25.9 Å². The average molecular weight is 609 g/mol. The van der Waals surface area contributed by atoms with Crippen LogP contribution in [0.2, 0.25) is 0 Å². The zero-order chi connectivity index (χ0) is 30.7. The molecule has 0 spiro atoms. The number of rotatable bonds is 14. The van der Waals surface area contributed by atoms with E-state index in [9.17, 15) is 14.0 Å². The van der Waals surface area contributed by atoms with Gasteiger partial charge in [0.25, 0.3) is 0 Å². The summed E-state index contributed by atoms with van der Waals surface area (Å²) in [6.45, 7) is 1.44. The highest BCUT2D eigenvalue weighted by Gasteiger charge is 2.23. The molecule has 0 radical (unpaired) electrons. The highest BCUT2D eigenvalue weighted by Crippen LogP contribution is 2.24. The summed E-state index contributed by atoms with van der Waals surface area (Å²) in [4.78, 5) is 29.1. The standard InChI is InChI=1S/C36H33FN2O4S/c1-42-36(41)33(38-32-15-7-5-13-30(32)35(40)27-10-3-2-4-11-27)24-26-17-19-28(20-18-26)43-22-21-39(25-29-12-9-23-44-29)34-16-8-6-14-31(34)37/h2-20,23,33,38H,21-22,24-25H2,1H3/t33-/m0/s1. The number of anilines is 2. The van der Waals surface area contributed by atoms with Crippen LogP contribution in [0.15, 0.2) is 121 Å². The van der Waals surface area contributed by atoms with E-state index in [1.807, 2.05) is 77.0 Å². The number of hydrogen-bond donors (Lipinski definition) is 1. The van der Waals surface area contributed by atoms with Crippen LogP contribution in [-0.2, 0) is 22.5 Å². The van der Waals surface area contributed by atoms with E-state index in [-0.39, 0.29) is 11.6 Å². The summed E-state index contributed by atoms with van der Waals surface area (Å²) in [6.07, 6.45) is 0.336. The fourth-order valence-corrected chi connectivity index (χ4v) is 5.61. The second kappa shape index (κ2) is 15.0. The van der Waals surface area contributed by atoms with E-state index in [4.69, 9.17) is 9.47 Å². The Hall–Kier alpha value is -4.95. The van der Waals surface area contributed by atoms with Crippen molar-refractivity contribution >= 4 is 34.5 Å². The molecule has 1 aromatic heterocycles. The van der Waals surface area contributed by atoms with Gasteiger partial charge in [-0.1, -0.05) is 72.8 Å². The molecule has 224 valence electrons. The average Bonchev–Trinajstić information content (AvgIpc) is 3.58. The molecule has 4 aromatic carbocycles. The van der Waals surface area contributed by atoms with Gasteiger partial charge in [0.2, 0.25) is 0 Å². The Bertz CT molecular complexity index is 1660. The molecule has 0 aliphatic carbocycles. The van der Waals surface area contributed by atoms with Gasteiger partial charge in [0, 0.05) is 28.1 Å². The largest absolute Gasteiger partial charge is 0.492 e. The molecule has 0 bridgehead atoms. The zero-order valence-corrected chi connectivity index (χ0v) is 25.1. The number of methoxy groups -OCH3 is 1. The third kappa shape index (κ3) is 7.90. The molecule has 6 nitrogen and oxygen atoms in total. The maximum absolute atomic E-state index is 14.6. The molecule has 0 amide bonds. The van der Waals surface area contributed by atoms with Gasteiger partial charge < -0.3 is 19.7 Å². The first-order chi connectivity index (χ1) is 21.5. The molecule has 0 unspecified atom stereocenters. The van der Waals surface area contributed by atoms with Gasteiger partial charge in [0.15, 0.2) is 5.78 Å². The minimum atomic E-state index is -0.719. The Balaban J connectivity index is 1.23. The number of nitrogens with one attached hydrogen (secondary N) is 1. The van der Waals surface area contributed by atoms with Crippen molar-refractivity contribution in [3.63, 3.8) is 0 Å². The SMILES string of the molecule is COC(=O)[C@H](Cc1ccc(OCCN(Cc2cccs2)c2ccccc2F)cc1)Nc1ccccc1C(=O)c1ccccc1. The van der Waals surface area contributed by atoms with Crippen molar-refractivity contribution in [3.8, 4) is 5.75 Å². The lowest BCUT2D eigenvalue weighted by Crippen LogP contribution is -2.33. The van der Waals surface area contributed by atoms with Crippen LogP contribution >= 0.6 is 11.3 Å². The Kier molecular flexibility index (Phi) is 10.4. The van der Waals surface area contributed by atoms with E-state index >= 15 is 0 Å². The first kappa shape index (κ1) is 30.5. The maximum Gasteiger partial charge on any atom is 0.328 e.